The van der Waals surface area contributed by atoms with Gasteiger partial charge in [-0.1, -0.05) is 13.8 Å². The molecule has 1 aliphatic heterocycles. The zero-order chi connectivity index (χ0) is 18.4. The SMILES string of the molecule is CC1CC(C)CN(CC(C)NC(=O)COc2ccc([N+](=O)[O-])cc2)C1. The van der Waals surface area contributed by atoms with Crippen molar-refractivity contribution >= 4 is 11.6 Å². The van der Waals surface area contributed by atoms with Crippen LogP contribution in [0.2, 0.25) is 0 Å². The van der Waals surface area contributed by atoms with E-state index in [9.17, 15) is 14.9 Å². The number of benzene rings is 1. The third kappa shape index (κ3) is 6.34. The van der Waals surface area contributed by atoms with Gasteiger partial charge in [0.15, 0.2) is 6.61 Å². The number of carbonyl (C=O) groups is 1. The van der Waals surface area contributed by atoms with Gasteiger partial charge in [0.2, 0.25) is 0 Å². The number of nitro groups is 1. The van der Waals surface area contributed by atoms with Crippen LogP contribution in [0, 0.1) is 22.0 Å². The van der Waals surface area contributed by atoms with Crippen molar-refractivity contribution in [2.24, 2.45) is 11.8 Å². The maximum absolute atomic E-state index is 12.0. The molecule has 1 fully saturated rings. The molecule has 1 aromatic carbocycles. The number of hydrogen-bond acceptors (Lipinski definition) is 5. The molecule has 25 heavy (non-hydrogen) atoms. The molecule has 0 bridgehead atoms. The van der Waals surface area contributed by atoms with E-state index >= 15 is 0 Å². The summed E-state index contributed by atoms with van der Waals surface area (Å²) in [5.41, 5.74) is -0.00425. The lowest BCUT2D eigenvalue weighted by Gasteiger charge is -2.36. The predicted octanol–water partition coefficient (Wildman–Crippen LogP) is 2.46. The number of nitrogens with zero attached hydrogens (tertiary/aromatic N) is 2. The zero-order valence-corrected chi connectivity index (χ0v) is 15.1. The minimum atomic E-state index is -0.472. The second kappa shape index (κ2) is 8.80. The van der Waals surface area contributed by atoms with Crippen molar-refractivity contribution in [2.75, 3.05) is 26.2 Å². The minimum Gasteiger partial charge on any atom is -0.484 e. The summed E-state index contributed by atoms with van der Waals surface area (Å²) >= 11 is 0. The van der Waals surface area contributed by atoms with Gasteiger partial charge in [-0.05, 0) is 37.3 Å². The average molecular weight is 349 g/mol. The molecule has 0 aromatic heterocycles. The topological polar surface area (TPSA) is 84.7 Å². The number of rotatable bonds is 7. The summed E-state index contributed by atoms with van der Waals surface area (Å²) in [6.07, 6.45) is 1.26. The molecule has 7 heteroatoms. The summed E-state index contributed by atoms with van der Waals surface area (Å²) in [7, 11) is 0. The Bertz CT molecular complexity index is 580. The number of amides is 1. The number of likely N-dealkylation sites (tertiary alicyclic amines) is 1. The summed E-state index contributed by atoms with van der Waals surface area (Å²) in [4.78, 5) is 24.5. The highest BCUT2D eigenvalue weighted by atomic mass is 16.6. The van der Waals surface area contributed by atoms with E-state index in [1.807, 2.05) is 6.92 Å². The summed E-state index contributed by atoms with van der Waals surface area (Å²) in [6.45, 7) is 9.40. The van der Waals surface area contributed by atoms with Crippen LogP contribution in [-0.4, -0.2) is 48.0 Å². The molecule has 138 valence electrons. The number of hydrogen-bond donors (Lipinski definition) is 1. The van der Waals surface area contributed by atoms with E-state index in [1.165, 1.54) is 30.7 Å². The van der Waals surface area contributed by atoms with E-state index in [0.717, 1.165) is 19.6 Å². The first-order chi connectivity index (χ1) is 11.8. The molecule has 1 aliphatic rings. The first kappa shape index (κ1) is 19.2. The molecule has 0 saturated carbocycles. The number of piperidine rings is 1. The van der Waals surface area contributed by atoms with Gasteiger partial charge in [0.25, 0.3) is 11.6 Å². The zero-order valence-electron chi connectivity index (χ0n) is 15.1. The van der Waals surface area contributed by atoms with Crippen molar-refractivity contribution < 1.29 is 14.5 Å². The molecular formula is C18H27N3O4. The number of non-ortho nitro benzene ring substituents is 1. The molecule has 3 atom stereocenters. The second-order valence-corrected chi connectivity index (χ2v) is 7.17. The van der Waals surface area contributed by atoms with Gasteiger partial charge < -0.3 is 15.0 Å². The molecule has 1 N–H and O–H groups in total. The second-order valence-electron chi connectivity index (χ2n) is 7.17. The van der Waals surface area contributed by atoms with E-state index in [0.29, 0.717) is 17.6 Å². The van der Waals surface area contributed by atoms with Gasteiger partial charge in [0, 0.05) is 37.8 Å². The molecule has 3 unspecified atom stereocenters. The molecule has 0 spiro atoms. The monoisotopic (exact) mass is 349 g/mol. The van der Waals surface area contributed by atoms with Gasteiger partial charge in [-0.3, -0.25) is 14.9 Å². The van der Waals surface area contributed by atoms with Crippen LogP contribution in [0.1, 0.15) is 27.2 Å². The number of ether oxygens (including phenoxy) is 1. The van der Waals surface area contributed by atoms with Crippen molar-refractivity contribution in [2.45, 2.75) is 33.2 Å². The Kier molecular flexibility index (Phi) is 6.75. The minimum absolute atomic E-state index is 0.00425. The lowest BCUT2D eigenvalue weighted by Crippen LogP contribution is -2.47. The molecule has 0 aliphatic carbocycles. The predicted molar refractivity (Wildman–Crippen MR) is 95.6 cm³/mol. The molecule has 0 radical (unpaired) electrons. The van der Waals surface area contributed by atoms with E-state index in [1.54, 1.807) is 0 Å². The van der Waals surface area contributed by atoms with E-state index in [-0.39, 0.29) is 24.2 Å². The normalized spacial score (nSPS) is 22.2. The fourth-order valence-electron chi connectivity index (χ4n) is 3.50. The van der Waals surface area contributed by atoms with E-state index in [2.05, 4.69) is 24.1 Å². The Balaban J connectivity index is 1.73. The van der Waals surface area contributed by atoms with Crippen molar-refractivity contribution in [3.8, 4) is 5.75 Å². The third-order valence-electron chi connectivity index (χ3n) is 4.30. The molecule has 2 rings (SSSR count). The molecule has 1 saturated heterocycles. The summed E-state index contributed by atoms with van der Waals surface area (Å²) < 4.78 is 5.38. The van der Waals surface area contributed by atoms with Crippen LogP contribution in [0.4, 0.5) is 5.69 Å². The fourth-order valence-corrected chi connectivity index (χ4v) is 3.50. The maximum Gasteiger partial charge on any atom is 0.269 e. The molecular weight excluding hydrogens is 322 g/mol. The van der Waals surface area contributed by atoms with E-state index in [4.69, 9.17) is 4.74 Å². The summed E-state index contributed by atoms with van der Waals surface area (Å²) in [5, 5.41) is 13.5. The van der Waals surface area contributed by atoms with Crippen molar-refractivity contribution in [3.63, 3.8) is 0 Å². The number of nitrogens with one attached hydrogen (secondary N) is 1. The third-order valence-corrected chi connectivity index (χ3v) is 4.30. The Morgan fingerprint density at radius 3 is 2.48 bits per heavy atom. The first-order valence-electron chi connectivity index (χ1n) is 8.72. The quantitative estimate of drug-likeness (QED) is 0.604. The Morgan fingerprint density at radius 1 is 1.32 bits per heavy atom. The van der Waals surface area contributed by atoms with Gasteiger partial charge >= 0.3 is 0 Å². The average Bonchev–Trinajstić information content (AvgIpc) is 2.52. The van der Waals surface area contributed by atoms with Gasteiger partial charge in [-0.25, -0.2) is 0 Å². The molecule has 1 aromatic rings. The van der Waals surface area contributed by atoms with Crippen LogP contribution in [0.15, 0.2) is 24.3 Å². The van der Waals surface area contributed by atoms with Crippen LogP contribution in [0.3, 0.4) is 0 Å². The highest BCUT2D eigenvalue weighted by Crippen LogP contribution is 2.21. The molecule has 1 heterocycles. The Labute approximate surface area is 148 Å². The first-order valence-corrected chi connectivity index (χ1v) is 8.72. The Morgan fingerprint density at radius 2 is 1.92 bits per heavy atom. The van der Waals surface area contributed by atoms with Crippen LogP contribution < -0.4 is 10.1 Å². The number of nitro benzene ring substituents is 1. The van der Waals surface area contributed by atoms with Gasteiger partial charge in [0.05, 0.1) is 4.92 Å². The van der Waals surface area contributed by atoms with Crippen LogP contribution >= 0.6 is 0 Å². The lowest BCUT2D eigenvalue weighted by atomic mass is 9.92. The van der Waals surface area contributed by atoms with Crippen LogP contribution in [-0.2, 0) is 4.79 Å². The van der Waals surface area contributed by atoms with Gasteiger partial charge in [-0.2, -0.15) is 0 Å². The lowest BCUT2D eigenvalue weighted by molar-refractivity contribution is -0.384. The largest absolute Gasteiger partial charge is 0.484 e. The van der Waals surface area contributed by atoms with Crippen LogP contribution in [0.5, 0.6) is 5.75 Å². The molecule has 7 nitrogen and oxygen atoms in total. The van der Waals surface area contributed by atoms with Gasteiger partial charge in [-0.15, -0.1) is 0 Å². The molecule has 1 amide bonds. The summed E-state index contributed by atoms with van der Waals surface area (Å²) in [5.74, 6) is 1.63. The smallest absolute Gasteiger partial charge is 0.269 e. The standard InChI is InChI=1S/C18H27N3O4/c1-13-8-14(2)10-20(9-13)11-15(3)19-18(22)12-25-17-6-4-16(5-7-17)21(23)24/h4-7,13-15H,8-12H2,1-3H3,(H,19,22). The van der Waals surface area contributed by atoms with Crippen molar-refractivity contribution in [1.29, 1.82) is 0 Å². The van der Waals surface area contributed by atoms with Crippen LogP contribution in [0.25, 0.3) is 0 Å². The Hall–Kier alpha value is -2.15. The summed E-state index contributed by atoms with van der Waals surface area (Å²) in [6, 6.07) is 5.74. The maximum atomic E-state index is 12.0. The van der Waals surface area contributed by atoms with Gasteiger partial charge in [0.1, 0.15) is 5.75 Å². The van der Waals surface area contributed by atoms with E-state index < -0.39 is 4.92 Å². The number of carbonyl (C=O) groups excluding carboxylic acids is 1. The highest BCUT2D eigenvalue weighted by molar-refractivity contribution is 5.77. The van der Waals surface area contributed by atoms with Crippen molar-refractivity contribution in [3.05, 3.63) is 34.4 Å². The van der Waals surface area contributed by atoms with Crippen molar-refractivity contribution in [1.82, 2.24) is 10.2 Å². The fraction of sp³-hybridized carbons (Fsp3) is 0.611. The highest BCUT2D eigenvalue weighted by Gasteiger charge is 2.23.